The Labute approximate surface area is 153 Å². The van der Waals surface area contributed by atoms with Crippen molar-refractivity contribution in [3.8, 4) is 5.75 Å². The van der Waals surface area contributed by atoms with E-state index in [0.717, 1.165) is 23.7 Å². The first-order valence-electron chi connectivity index (χ1n) is 8.80. The minimum absolute atomic E-state index is 0.0621. The van der Waals surface area contributed by atoms with Crippen LogP contribution in [0, 0.1) is 0 Å². The quantitative estimate of drug-likeness (QED) is 0.818. The average molecular weight is 356 g/mol. The van der Waals surface area contributed by atoms with Crippen LogP contribution in [0.1, 0.15) is 19.7 Å². The maximum atomic E-state index is 12.8. The number of carbonyl (C=O) groups is 2. The number of ether oxygens (including phenoxy) is 1. The summed E-state index contributed by atoms with van der Waals surface area (Å²) in [6, 6.07) is 6.89. The summed E-state index contributed by atoms with van der Waals surface area (Å²) in [6.45, 7) is 4.98. The highest BCUT2D eigenvalue weighted by molar-refractivity contribution is 6.00. The first-order chi connectivity index (χ1) is 12.5. The van der Waals surface area contributed by atoms with Gasteiger partial charge in [0.05, 0.1) is 7.11 Å². The van der Waals surface area contributed by atoms with Gasteiger partial charge in [-0.3, -0.25) is 9.59 Å². The van der Waals surface area contributed by atoms with Crippen molar-refractivity contribution in [2.75, 3.05) is 25.1 Å². The molecule has 2 amide bonds. The summed E-state index contributed by atoms with van der Waals surface area (Å²) < 4.78 is 7.00. The molecule has 0 radical (unpaired) electrons. The Balaban J connectivity index is 1.69. The van der Waals surface area contributed by atoms with Gasteiger partial charge >= 0.3 is 0 Å². The summed E-state index contributed by atoms with van der Waals surface area (Å²) in [5.41, 5.74) is 0.817. The molecule has 7 heteroatoms. The molecule has 26 heavy (non-hydrogen) atoms. The minimum Gasteiger partial charge on any atom is -0.497 e. The van der Waals surface area contributed by atoms with Crippen LogP contribution in [0.25, 0.3) is 0 Å². The van der Waals surface area contributed by atoms with E-state index < -0.39 is 6.04 Å². The number of rotatable bonds is 5. The minimum atomic E-state index is -0.494. The van der Waals surface area contributed by atoms with Crippen LogP contribution in [0.2, 0.25) is 0 Å². The predicted octanol–water partition coefficient (Wildman–Crippen LogP) is 1.72. The fourth-order valence-corrected chi connectivity index (χ4v) is 3.26. The molecule has 1 atom stereocenters. The van der Waals surface area contributed by atoms with Gasteiger partial charge in [0.15, 0.2) is 0 Å². The van der Waals surface area contributed by atoms with Gasteiger partial charge in [0, 0.05) is 37.6 Å². The first kappa shape index (κ1) is 18.0. The van der Waals surface area contributed by atoms with E-state index in [1.807, 2.05) is 35.8 Å². The third-order valence-corrected chi connectivity index (χ3v) is 4.78. The van der Waals surface area contributed by atoms with Crippen LogP contribution in [0.3, 0.4) is 0 Å². The fraction of sp³-hybridized carbons (Fsp3) is 0.421. The number of hydrogen-bond acceptors (Lipinski definition) is 4. The van der Waals surface area contributed by atoms with E-state index in [4.69, 9.17) is 4.74 Å². The zero-order valence-corrected chi connectivity index (χ0v) is 15.4. The molecule has 0 unspecified atom stereocenters. The van der Waals surface area contributed by atoms with E-state index in [-0.39, 0.29) is 18.4 Å². The molecule has 138 valence electrons. The molecular weight excluding hydrogens is 332 g/mol. The Morgan fingerprint density at radius 1 is 1.27 bits per heavy atom. The highest BCUT2D eigenvalue weighted by Crippen LogP contribution is 2.23. The lowest BCUT2D eigenvalue weighted by Crippen LogP contribution is -2.58. The van der Waals surface area contributed by atoms with Crippen LogP contribution in [-0.2, 0) is 22.6 Å². The molecule has 1 aliphatic heterocycles. The van der Waals surface area contributed by atoms with Crippen molar-refractivity contribution in [3.63, 3.8) is 0 Å². The average Bonchev–Trinajstić information content (AvgIpc) is 3.11. The highest BCUT2D eigenvalue weighted by atomic mass is 16.5. The number of aromatic nitrogens is 2. The Bertz CT molecular complexity index is 784. The van der Waals surface area contributed by atoms with Crippen molar-refractivity contribution in [2.24, 2.45) is 0 Å². The molecule has 0 saturated carbocycles. The van der Waals surface area contributed by atoms with E-state index in [1.54, 1.807) is 36.2 Å². The molecule has 0 spiro atoms. The van der Waals surface area contributed by atoms with Crippen molar-refractivity contribution >= 4 is 17.5 Å². The molecule has 0 aliphatic carbocycles. The van der Waals surface area contributed by atoms with Gasteiger partial charge in [0.1, 0.15) is 24.2 Å². The summed E-state index contributed by atoms with van der Waals surface area (Å²) in [7, 11) is 1.61. The Kier molecular flexibility index (Phi) is 5.25. The number of anilines is 1. The van der Waals surface area contributed by atoms with Crippen LogP contribution < -0.4 is 9.64 Å². The van der Waals surface area contributed by atoms with Crippen molar-refractivity contribution < 1.29 is 14.3 Å². The summed E-state index contributed by atoms with van der Waals surface area (Å²) in [5, 5.41) is 0. The summed E-state index contributed by atoms with van der Waals surface area (Å²) >= 11 is 0. The molecule has 1 aromatic carbocycles. The normalized spacial score (nSPS) is 17.5. The number of piperazine rings is 1. The van der Waals surface area contributed by atoms with Crippen molar-refractivity contribution in [1.29, 1.82) is 0 Å². The largest absolute Gasteiger partial charge is 0.497 e. The van der Waals surface area contributed by atoms with Crippen LogP contribution in [0.5, 0.6) is 5.75 Å². The number of imidazole rings is 1. The van der Waals surface area contributed by atoms with Gasteiger partial charge in [-0.25, -0.2) is 4.98 Å². The molecule has 1 fully saturated rings. The van der Waals surface area contributed by atoms with Gasteiger partial charge < -0.3 is 19.1 Å². The van der Waals surface area contributed by atoms with Gasteiger partial charge in [-0.1, -0.05) is 6.92 Å². The van der Waals surface area contributed by atoms with Crippen LogP contribution in [0.15, 0.2) is 36.7 Å². The number of amides is 2. The van der Waals surface area contributed by atoms with E-state index in [9.17, 15) is 9.59 Å². The number of aryl methyl sites for hydroxylation is 1. The molecule has 0 bridgehead atoms. The SMILES string of the molecule is CCc1nccn1CC(=O)N1CCN(c2ccc(OC)cc2)C(=O)[C@H]1C. The lowest BCUT2D eigenvalue weighted by Gasteiger charge is -2.39. The van der Waals surface area contributed by atoms with E-state index in [2.05, 4.69) is 4.98 Å². The number of carbonyl (C=O) groups excluding carboxylic acids is 2. The smallest absolute Gasteiger partial charge is 0.249 e. The molecule has 2 heterocycles. The molecule has 7 nitrogen and oxygen atoms in total. The number of hydrogen-bond donors (Lipinski definition) is 0. The third kappa shape index (κ3) is 3.42. The van der Waals surface area contributed by atoms with Gasteiger partial charge in [0.2, 0.25) is 11.8 Å². The molecule has 2 aromatic rings. The third-order valence-electron chi connectivity index (χ3n) is 4.78. The lowest BCUT2D eigenvalue weighted by molar-refractivity contribution is -0.141. The van der Waals surface area contributed by atoms with E-state index >= 15 is 0 Å². The molecule has 1 aliphatic rings. The molecule has 0 N–H and O–H groups in total. The van der Waals surface area contributed by atoms with Crippen molar-refractivity contribution in [2.45, 2.75) is 32.9 Å². The summed E-state index contributed by atoms with van der Waals surface area (Å²) in [6.07, 6.45) is 4.26. The standard InChI is InChI=1S/C19H24N4O3/c1-4-17-20-9-10-21(17)13-18(24)22-11-12-23(19(25)14(22)2)15-5-7-16(26-3)8-6-15/h5-10,14H,4,11-13H2,1-3H3/t14-/m1/s1. The molecule has 1 aromatic heterocycles. The summed E-state index contributed by atoms with van der Waals surface area (Å²) in [5.74, 6) is 1.48. The number of nitrogens with zero attached hydrogens (tertiary/aromatic N) is 4. The van der Waals surface area contributed by atoms with Crippen molar-refractivity contribution in [3.05, 3.63) is 42.5 Å². The highest BCUT2D eigenvalue weighted by Gasteiger charge is 2.35. The van der Waals surface area contributed by atoms with Gasteiger partial charge in [-0.05, 0) is 31.2 Å². The van der Waals surface area contributed by atoms with Crippen LogP contribution >= 0.6 is 0 Å². The van der Waals surface area contributed by atoms with E-state index in [1.165, 1.54) is 0 Å². The van der Waals surface area contributed by atoms with Crippen LogP contribution in [0.4, 0.5) is 5.69 Å². The van der Waals surface area contributed by atoms with Crippen molar-refractivity contribution in [1.82, 2.24) is 14.5 Å². The molecule has 3 rings (SSSR count). The second-order valence-electron chi connectivity index (χ2n) is 6.28. The topological polar surface area (TPSA) is 67.7 Å². The Hall–Kier alpha value is -2.83. The maximum absolute atomic E-state index is 12.8. The lowest BCUT2D eigenvalue weighted by atomic mass is 10.1. The zero-order chi connectivity index (χ0) is 18.7. The maximum Gasteiger partial charge on any atom is 0.249 e. The Morgan fingerprint density at radius 3 is 2.65 bits per heavy atom. The first-order valence-corrected chi connectivity index (χ1v) is 8.80. The summed E-state index contributed by atoms with van der Waals surface area (Å²) in [4.78, 5) is 33.1. The van der Waals surface area contributed by atoms with Gasteiger partial charge in [-0.15, -0.1) is 0 Å². The molecular formula is C19H24N4O3. The monoisotopic (exact) mass is 356 g/mol. The second kappa shape index (κ2) is 7.59. The zero-order valence-electron chi connectivity index (χ0n) is 15.4. The van der Waals surface area contributed by atoms with Gasteiger partial charge in [-0.2, -0.15) is 0 Å². The number of methoxy groups -OCH3 is 1. The second-order valence-corrected chi connectivity index (χ2v) is 6.28. The van der Waals surface area contributed by atoms with Crippen LogP contribution in [-0.4, -0.2) is 52.5 Å². The number of benzene rings is 1. The van der Waals surface area contributed by atoms with E-state index in [0.29, 0.717) is 13.1 Å². The predicted molar refractivity (Wildman–Crippen MR) is 98.1 cm³/mol. The van der Waals surface area contributed by atoms with Gasteiger partial charge in [0.25, 0.3) is 0 Å². The molecule has 1 saturated heterocycles. The Morgan fingerprint density at radius 2 is 2.00 bits per heavy atom. The fourth-order valence-electron chi connectivity index (χ4n) is 3.26.